The van der Waals surface area contributed by atoms with Gasteiger partial charge in [0.1, 0.15) is 0 Å². The molecule has 0 aliphatic carbocycles. The number of sulfonamides is 1. The molecule has 15 heteroatoms. The Labute approximate surface area is 159 Å². The topological polar surface area (TPSA) is 172 Å². The van der Waals surface area contributed by atoms with Crippen molar-refractivity contribution < 1.29 is 45.3 Å². The van der Waals surface area contributed by atoms with E-state index in [0.717, 1.165) is 18.2 Å². The second-order valence-corrected chi connectivity index (χ2v) is 6.77. The number of hydrogen-bond donors (Lipinski definition) is 2. The summed E-state index contributed by atoms with van der Waals surface area (Å²) in [5.41, 5.74) is -3.11. The van der Waals surface area contributed by atoms with Crippen LogP contribution in [0, 0.1) is 10.1 Å². The molecule has 0 radical (unpaired) electrons. The van der Waals surface area contributed by atoms with Gasteiger partial charge in [-0.1, -0.05) is 0 Å². The van der Waals surface area contributed by atoms with E-state index in [0.29, 0.717) is 6.07 Å². The Kier molecular flexibility index (Phi) is 5.93. The largest absolute Gasteiger partial charge is 0.450 e. The van der Waals surface area contributed by atoms with E-state index in [9.17, 15) is 41.3 Å². The number of alkyl halides is 3. The Morgan fingerprint density at radius 3 is 2.41 bits per heavy atom. The van der Waals surface area contributed by atoms with Crippen LogP contribution >= 0.6 is 0 Å². The van der Waals surface area contributed by atoms with Crippen LogP contribution in [0.15, 0.2) is 39.8 Å². The Morgan fingerprint density at radius 1 is 1.24 bits per heavy atom. The Hall–Kier alpha value is -3.46. The summed E-state index contributed by atoms with van der Waals surface area (Å²) in [6, 6.07) is 3.41. The molecule has 11 nitrogen and oxygen atoms in total. The number of nitrogens with two attached hydrogens (primary N) is 1. The summed E-state index contributed by atoms with van der Waals surface area (Å²) in [7, 11) is -4.22. The number of esters is 1. The van der Waals surface area contributed by atoms with Crippen molar-refractivity contribution in [1.29, 1.82) is 0 Å². The molecule has 2 rings (SSSR count). The van der Waals surface area contributed by atoms with Crippen LogP contribution in [0.1, 0.15) is 16.1 Å². The highest BCUT2D eigenvalue weighted by Gasteiger charge is 2.35. The molecule has 2 aromatic rings. The van der Waals surface area contributed by atoms with Gasteiger partial charge in [-0.05, 0) is 18.2 Å². The van der Waals surface area contributed by atoms with Gasteiger partial charge in [-0.3, -0.25) is 14.9 Å². The normalized spacial score (nSPS) is 11.7. The zero-order valence-electron chi connectivity index (χ0n) is 13.9. The molecular formula is C14H10F3N3O8S. The minimum atomic E-state index is -5.01. The Morgan fingerprint density at radius 2 is 1.90 bits per heavy atom. The molecule has 1 heterocycles. The third-order valence-electron chi connectivity index (χ3n) is 3.19. The summed E-state index contributed by atoms with van der Waals surface area (Å²) in [5, 5.41) is 16.5. The van der Waals surface area contributed by atoms with E-state index >= 15 is 0 Å². The van der Waals surface area contributed by atoms with E-state index in [4.69, 9.17) is 5.14 Å². The third kappa shape index (κ3) is 5.52. The first-order valence-corrected chi connectivity index (χ1v) is 8.79. The standard InChI is InChI=1S/C14H10F3N3O8S/c15-14(16,17)8-5-7(20(23)24)1-2-9(8)19-11(21)6-27-13(22)10-3-4-12(28-10)29(18,25)26/h1-5H,6H2,(H,19,21)(H2,18,25,26). The number of anilines is 1. The van der Waals surface area contributed by atoms with Gasteiger partial charge < -0.3 is 14.5 Å². The van der Waals surface area contributed by atoms with Crippen molar-refractivity contribution in [3.05, 3.63) is 51.8 Å². The average Bonchev–Trinajstić information content (AvgIpc) is 3.09. The van der Waals surface area contributed by atoms with Crippen molar-refractivity contribution in [2.24, 2.45) is 5.14 Å². The maximum Gasteiger partial charge on any atom is 0.418 e. The highest BCUT2D eigenvalue weighted by atomic mass is 32.2. The van der Waals surface area contributed by atoms with Crippen LogP contribution in [0.2, 0.25) is 0 Å². The summed E-state index contributed by atoms with van der Waals surface area (Å²) >= 11 is 0. The van der Waals surface area contributed by atoms with E-state index in [1.165, 1.54) is 0 Å². The van der Waals surface area contributed by atoms with Gasteiger partial charge in [0.25, 0.3) is 21.6 Å². The number of carbonyl (C=O) groups excluding carboxylic acids is 2. The zero-order chi connectivity index (χ0) is 22.0. The summed E-state index contributed by atoms with van der Waals surface area (Å²) in [6.45, 7) is -1.06. The Balaban J connectivity index is 2.08. The third-order valence-corrected chi connectivity index (χ3v) is 3.97. The van der Waals surface area contributed by atoms with E-state index in [1.54, 1.807) is 0 Å². The number of ether oxygens (including phenoxy) is 1. The number of non-ortho nitro benzene ring substituents is 1. The predicted molar refractivity (Wildman–Crippen MR) is 87.1 cm³/mol. The van der Waals surface area contributed by atoms with Gasteiger partial charge in [0.2, 0.25) is 10.9 Å². The molecule has 0 unspecified atom stereocenters. The minimum absolute atomic E-state index is 0.235. The number of furan rings is 1. The molecule has 0 saturated carbocycles. The first kappa shape index (κ1) is 21.8. The monoisotopic (exact) mass is 437 g/mol. The van der Waals surface area contributed by atoms with Crippen molar-refractivity contribution in [3.63, 3.8) is 0 Å². The van der Waals surface area contributed by atoms with Gasteiger partial charge in [0.15, 0.2) is 6.61 Å². The molecule has 0 fully saturated rings. The maximum absolute atomic E-state index is 13.0. The van der Waals surface area contributed by atoms with Crippen LogP contribution in [-0.4, -0.2) is 31.8 Å². The number of nitro groups is 1. The fourth-order valence-electron chi connectivity index (χ4n) is 1.96. The number of nitro benzene ring substituents is 1. The molecule has 0 atom stereocenters. The van der Waals surface area contributed by atoms with Crippen molar-refractivity contribution in [2.75, 3.05) is 11.9 Å². The number of primary sulfonamides is 1. The van der Waals surface area contributed by atoms with Crippen molar-refractivity contribution in [2.45, 2.75) is 11.3 Å². The number of nitrogens with zero attached hydrogens (tertiary/aromatic N) is 1. The summed E-state index contributed by atoms with van der Waals surface area (Å²) < 4.78 is 70.4. The first-order chi connectivity index (χ1) is 13.3. The molecule has 0 saturated heterocycles. The lowest BCUT2D eigenvalue weighted by Crippen LogP contribution is -2.22. The Bertz CT molecular complexity index is 1080. The van der Waals surface area contributed by atoms with Gasteiger partial charge in [0, 0.05) is 12.1 Å². The quantitative estimate of drug-likeness (QED) is 0.390. The van der Waals surface area contributed by atoms with Crippen LogP contribution in [-0.2, 0) is 25.7 Å². The van der Waals surface area contributed by atoms with Gasteiger partial charge in [-0.15, -0.1) is 0 Å². The van der Waals surface area contributed by atoms with Gasteiger partial charge >= 0.3 is 12.1 Å². The lowest BCUT2D eigenvalue weighted by atomic mass is 10.1. The number of carbonyl (C=O) groups is 2. The number of amides is 1. The summed E-state index contributed by atoms with van der Waals surface area (Å²) in [6.07, 6.45) is -5.01. The predicted octanol–water partition coefficient (Wildman–Crippen LogP) is 1.65. The summed E-state index contributed by atoms with van der Waals surface area (Å²) in [4.78, 5) is 33.1. The SMILES string of the molecule is NS(=O)(=O)c1ccc(C(=O)OCC(=O)Nc2ccc([N+](=O)[O-])cc2C(F)(F)F)o1. The number of benzene rings is 1. The van der Waals surface area contributed by atoms with Crippen molar-refractivity contribution in [1.82, 2.24) is 0 Å². The van der Waals surface area contributed by atoms with Crippen LogP contribution < -0.4 is 10.5 Å². The molecule has 1 aromatic heterocycles. The fraction of sp³-hybridized carbons (Fsp3) is 0.143. The van der Waals surface area contributed by atoms with E-state index in [2.05, 4.69) is 9.15 Å². The fourth-order valence-corrected chi connectivity index (χ4v) is 2.42. The van der Waals surface area contributed by atoms with Crippen LogP contribution in [0.3, 0.4) is 0 Å². The van der Waals surface area contributed by atoms with Gasteiger partial charge in [-0.25, -0.2) is 18.4 Å². The lowest BCUT2D eigenvalue weighted by Gasteiger charge is -2.13. The highest BCUT2D eigenvalue weighted by Crippen LogP contribution is 2.37. The second-order valence-electron chi connectivity index (χ2n) is 5.27. The molecule has 0 spiro atoms. The molecule has 3 N–H and O–H groups in total. The second kappa shape index (κ2) is 7.88. The van der Waals surface area contributed by atoms with Gasteiger partial charge in [-0.2, -0.15) is 13.2 Å². The highest BCUT2D eigenvalue weighted by molar-refractivity contribution is 7.89. The van der Waals surface area contributed by atoms with Crippen LogP contribution in [0.25, 0.3) is 0 Å². The molecule has 1 aromatic carbocycles. The summed E-state index contributed by atoms with van der Waals surface area (Å²) in [5.74, 6) is -3.10. The maximum atomic E-state index is 13.0. The van der Waals surface area contributed by atoms with Crippen molar-refractivity contribution >= 4 is 33.3 Å². The number of hydrogen-bond acceptors (Lipinski definition) is 8. The molecule has 0 bridgehead atoms. The molecule has 1 amide bonds. The zero-order valence-corrected chi connectivity index (χ0v) is 14.7. The number of rotatable bonds is 6. The van der Waals surface area contributed by atoms with Crippen LogP contribution in [0.5, 0.6) is 0 Å². The number of halogens is 3. The van der Waals surface area contributed by atoms with E-state index in [1.807, 2.05) is 5.32 Å². The van der Waals surface area contributed by atoms with Crippen molar-refractivity contribution in [3.8, 4) is 0 Å². The van der Waals surface area contributed by atoms with Gasteiger partial charge in [0.05, 0.1) is 16.2 Å². The molecule has 156 valence electrons. The molecule has 0 aliphatic heterocycles. The molecule has 0 aliphatic rings. The van der Waals surface area contributed by atoms with E-state index in [-0.39, 0.29) is 6.07 Å². The first-order valence-electron chi connectivity index (χ1n) is 7.24. The average molecular weight is 437 g/mol. The lowest BCUT2D eigenvalue weighted by molar-refractivity contribution is -0.385. The molecular weight excluding hydrogens is 427 g/mol. The van der Waals surface area contributed by atoms with E-state index < -0.39 is 67.4 Å². The van der Waals surface area contributed by atoms with Crippen LogP contribution in [0.4, 0.5) is 24.5 Å². The smallest absolute Gasteiger partial charge is 0.418 e. The molecule has 29 heavy (non-hydrogen) atoms. The number of nitrogens with one attached hydrogen (secondary N) is 1. The minimum Gasteiger partial charge on any atom is -0.450 e.